The van der Waals surface area contributed by atoms with Crippen molar-refractivity contribution >= 4 is 39.3 Å². The lowest BCUT2D eigenvalue weighted by Gasteiger charge is -2.46. The maximum Gasteiger partial charge on any atom is 0.410 e. The van der Waals surface area contributed by atoms with E-state index >= 15 is 0 Å². The van der Waals surface area contributed by atoms with Crippen molar-refractivity contribution in [3.8, 4) is 5.75 Å². The molecule has 47 heavy (non-hydrogen) atoms. The molecule has 252 valence electrons. The summed E-state index contributed by atoms with van der Waals surface area (Å²) in [7, 11) is -4.22. The second-order valence-corrected chi connectivity index (χ2v) is 16.2. The van der Waals surface area contributed by atoms with Gasteiger partial charge in [0.25, 0.3) is 15.9 Å². The Morgan fingerprint density at radius 1 is 1.11 bits per heavy atom. The fourth-order valence-electron chi connectivity index (χ4n) is 7.57. The molecule has 2 fully saturated rings. The summed E-state index contributed by atoms with van der Waals surface area (Å²) in [4.78, 5) is 30.2. The first kappa shape index (κ1) is 32.3. The first-order valence-electron chi connectivity index (χ1n) is 16.6. The number of hydrogen-bond donors (Lipinski definition) is 1. The Labute approximate surface area is 281 Å². The lowest BCUT2D eigenvalue weighted by atomic mass is 9.68. The lowest BCUT2D eigenvalue weighted by molar-refractivity contribution is -0.139. The second kappa shape index (κ2) is 12.3. The van der Waals surface area contributed by atoms with Crippen LogP contribution >= 0.6 is 11.6 Å². The number of sulfonamides is 1. The molecule has 10 nitrogen and oxygen atoms in total. The molecular formula is C35H42ClN3O7S. The zero-order valence-corrected chi connectivity index (χ0v) is 28.4. The number of aryl methyl sites for hydroxylation is 1. The van der Waals surface area contributed by atoms with Gasteiger partial charge in [-0.05, 0) is 106 Å². The maximum absolute atomic E-state index is 13.6. The van der Waals surface area contributed by atoms with Crippen LogP contribution in [-0.2, 0) is 36.1 Å². The number of likely N-dealkylation sites (tertiary alicyclic amines) is 1. The third-order valence-corrected chi connectivity index (χ3v) is 12.2. The monoisotopic (exact) mass is 683 g/mol. The van der Waals surface area contributed by atoms with Crippen molar-refractivity contribution in [2.45, 2.75) is 74.4 Å². The van der Waals surface area contributed by atoms with Gasteiger partial charge in [-0.2, -0.15) is 0 Å². The van der Waals surface area contributed by atoms with Crippen molar-refractivity contribution in [2.24, 2.45) is 11.8 Å². The molecule has 1 saturated heterocycles. The average molecular weight is 684 g/mol. The first-order chi connectivity index (χ1) is 22.4. The van der Waals surface area contributed by atoms with Crippen LogP contribution in [0.4, 0.5) is 10.5 Å². The summed E-state index contributed by atoms with van der Waals surface area (Å²) >= 11 is 6.42. The molecule has 1 saturated carbocycles. The summed E-state index contributed by atoms with van der Waals surface area (Å²) in [5.74, 6) is 0.0517. The van der Waals surface area contributed by atoms with Crippen molar-refractivity contribution in [3.05, 3.63) is 64.7 Å². The van der Waals surface area contributed by atoms with E-state index in [1.165, 1.54) is 31.0 Å². The molecule has 5 aliphatic rings. The van der Waals surface area contributed by atoms with Crippen LogP contribution in [0.5, 0.6) is 5.75 Å². The Bertz CT molecular complexity index is 1710. The molecule has 2 aromatic carbocycles. The highest BCUT2D eigenvalue weighted by Crippen LogP contribution is 2.47. The smallest absolute Gasteiger partial charge is 0.410 e. The molecule has 1 N–H and O–H groups in total. The van der Waals surface area contributed by atoms with E-state index < -0.39 is 27.6 Å². The number of anilines is 1. The fourth-order valence-corrected chi connectivity index (χ4v) is 8.89. The first-order valence-corrected chi connectivity index (χ1v) is 18.4. The minimum atomic E-state index is -4.22. The van der Waals surface area contributed by atoms with Crippen LogP contribution < -0.4 is 14.4 Å². The van der Waals surface area contributed by atoms with Crippen molar-refractivity contribution in [2.75, 3.05) is 44.3 Å². The number of rotatable bonds is 1. The van der Waals surface area contributed by atoms with Gasteiger partial charge in [0.05, 0.1) is 23.8 Å². The Balaban J connectivity index is 1.29. The number of hydrogen-bond acceptors (Lipinski definition) is 8. The topological polar surface area (TPSA) is 114 Å². The summed E-state index contributed by atoms with van der Waals surface area (Å²) in [5.41, 5.74) is 1.31. The standard InChI is InChI=1S/C35H42ClN3O7S/c1-34(2)32(40)37-47(42,43)26-10-13-31-29(19-26)39(21-35(22-44-31)14-3-6-23-18-25(36)9-12-28(23)35)20-24-8-11-27(24)30(7-4-17-45-34)46-33(41)38-15-5-16-38/h4,7,9-10,12-13,18-19,24,27,30H,3,5-6,8,11,14-17,20-22H2,1-2H3,(H,37,40)/t24-,27+,30-,35-/m0/s1. The van der Waals surface area contributed by atoms with Crippen LogP contribution in [0, 0.1) is 11.8 Å². The maximum atomic E-state index is 13.6. The molecular weight excluding hydrogens is 642 g/mol. The van der Waals surface area contributed by atoms with Gasteiger partial charge in [-0.15, -0.1) is 0 Å². The van der Waals surface area contributed by atoms with Gasteiger partial charge >= 0.3 is 6.09 Å². The van der Waals surface area contributed by atoms with Gasteiger partial charge in [-0.3, -0.25) is 4.79 Å². The molecule has 2 amide bonds. The minimum absolute atomic E-state index is 0.0284. The van der Waals surface area contributed by atoms with E-state index in [9.17, 15) is 18.0 Å². The van der Waals surface area contributed by atoms with Gasteiger partial charge in [0.1, 0.15) is 17.5 Å². The Kier molecular flexibility index (Phi) is 8.45. The molecule has 1 spiro atoms. The summed E-state index contributed by atoms with van der Waals surface area (Å²) in [5, 5.41) is 0.707. The number of fused-ring (bicyclic) bond motifs is 4. The highest BCUT2D eigenvalue weighted by atomic mass is 35.5. The number of halogens is 1. The number of carbonyl (C=O) groups excluding carboxylic acids is 2. The predicted molar refractivity (Wildman–Crippen MR) is 177 cm³/mol. The number of amides is 2. The van der Waals surface area contributed by atoms with Crippen molar-refractivity contribution in [1.82, 2.24) is 9.62 Å². The molecule has 2 aromatic rings. The summed E-state index contributed by atoms with van der Waals surface area (Å²) in [6.07, 6.45) is 8.49. The zero-order chi connectivity index (χ0) is 33.0. The average Bonchev–Trinajstić information content (AvgIpc) is 3.12. The summed E-state index contributed by atoms with van der Waals surface area (Å²) in [6, 6.07) is 10.9. The van der Waals surface area contributed by atoms with Crippen LogP contribution in [0.25, 0.3) is 0 Å². The fraction of sp³-hybridized carbons (Fsp3) is 0.543. The Morgan fingerprint density at radius 3 is 2.68 bits per heavy atom. The number of carbonyl (C=O) groups is 2. The molecule has 0 aromatic heterocycles. The number of ether oxygens (including phenoxy) is 3. The van der Waals surface area contributed by atoms with Gasteiger partial charge in [-0.1, -0.05) is 23.7 Å². The zero-order valence-electron chi connectivity index (χ0n) is 26.9. The quantitative estimate of drug-likeness (QED) is 0.407. The van der Waals surface area contributed by atoms with E-state index in [0.717, 1.165) is 38.5 Å². The van der Waals surface area contributed by atoms with Crippen molar-refractivity contribution in [1.29, 1.82) is 0 Å². The Hall–Kier alpha value is -3.28. The highest BCUT2D eigenvalue weighted by Gasteiger charge is 2.45. The van der Waals surface area contributed by atoms with Crippen molar-refractivity contribution in [3.63, 3.8) is 0 Å². The predicted octanol–water partition coefficient (Wildman–Crippen LogP) is 5.22. The SMILES string of the molecule is CC1(C)OCC=C[C@H](OC(=O)N2CCC2)[C@@H]2CC[C@H]2CN2C[C@@]3(CCCc4cc(Cl)ccc43)COc3ccc(cc32)S(=O)(=O)NC1=O. The van der Waals surface area contributed by atoms with E-state index in [0.29, 0.717) is 49.2 Å². The molecule has 3 heterocycles. The van der Waals surface area contributed by atoms with Gasteiger partial charge in [0.15, 0.2) is 0 Å². The third kappa shape index (κ3) is 6.22. The molecule has 3 aliphatic heterocycles. The third-order valence-electron chi connectivity index (χ3n) is 10.7. The lowest BCUT2D eigenvalue weighted by Crippen LogP contribution is -2.51. The molecule has 2 bridgehead atoms. The normalized spacial score (nSPS) is 29.6. The second-order valence-electron chi connectivity index (χ2n) is 14.1. The van der Waals surface area contributed by atoms with Crippen molar-refractivity contribution < 1.29 is 32.2 Å². The summed E-state index contributed by atoms with van der Waals surface area (Å²) < 4.78 is 47.9. The largest absolute Gasteiger partial charge is 0.490 e. The number of nitrogens with one attached hydrogen (secondary N) is 1. The molecule has 7 rings (SSSR count). The van der Waals surface area contributed by atoms with Crippen LogP contribution in [0.2, 0.25) is 5.02 Å². The molecule has 4 atom stereocenters. The van der Waals surface area contributed by atoms with Gasteiger partial charge in [-0.25, -0.2) is 17.9 Å². The van der Waals surface area contributed by atoms with E-state index in [1.807, 2.05) is 18.2 Å². The van der Waals surface area contributed by atoms with Gasteiger partial charge in [0, 0.05) is 42.5 Å². The Morgan fingerprint density at radius 2 is 1.94 bits per heavy atom. The van der Waals surface area contributed by atoms with Crippen LogP contribution in [0.1, 0.15) is 57.1 Å². The van der Waals surface area contributed by atoms with Crippen LogP contribution in [0.15, 0.2) is 53.4 Å². The van der Waals surface area contributed by atoms with E-state index in [4.69, 9.17) is 25.8 Å². The molecule has 0 unspecified atom stereocenters. The van der Waals surface area contributed by atoms with E-state index in [2.05, 4.69) is 15.7 Å². The van der Waals surface area contributed by atoms with Gasteiger partial charge in [0.2, 0.25) is 0 Å². The highest BCUT2D eigenvalue weighted by molar-refractivity contribution is 7.90. The van der Waals surface area contributed by atoms with Gasteiger partial charge < -0.3 is 24.0 Å². The van der Waals surface area contributed by atoms with Crippen LogP contribution in [-0.4, -0.2) is 76.4 Å². The van der Waals surface area contributed by atoms with E-state index in [-0.39, 0.29) is 34.8 Å². The van der Waals surface area contributed by atoms with E-state index in [1.54, 1.807) is 23.1 Å². The minimum Gasteiger partial charge on any atom is -0.490 e. The molecule has 0 radical (unpaired) electrons. The number of benzene rings is 2. The summed E-state index contributed by atoms with van der Waals surface area (Å²) in [6.45, 7) is 6.16. The molecule has 2 aliphatic carbocycles. The van der Waals surface area contributed by atoms with Crippen LogP contribution in [0.3, 0.4) is 0 Å². The number of nitrogens with zero attached hydrogens (tertiary/aromatic N) is 2. The molecule has 12 heteroatoms.